The van der Waals surface area contributed by atoms with Crippen LogP contribution in [0.1, 0.15) is 41.0 Å². The predicted molar refractivity (Wildman–Crippen MR) is 58.7 cm³/mol. The number of carbonyl (C=O) groups is 2. The van der Waals surface area contributed by atoms with Gasteiger partial charge in [-0.05, 0) is 26.7 Å². The molecule has 88 valence electrons. The van der Waals surface area contributed by atoms with Gasteiger partial charge in [-0.2, -0.15) is 0 Å². The van der Waals surface area contributed by atoms with Crippen molar-refractivity contribution in [1.29, 1.82) is 0 Å². The average molecular weight is 215 g/mol. The van der Waals surface area contributed by atoms with Crippen molar-refractivity contribution in [2.45, 2.75) is 52.7 Å². The van der Waals surface area contributed by atoms with Crippen molar-refractivity contribution >= 4 is 12.4 Å². The van der Waals surface area contributed by atoms with E-state index in [-0.39, 0.29) is 5.92 Å². The number of hydrogen-bond acceptors (Lipinski definition) is 3. The van der Waals surface area contributed by atoms with Crippen molar-refractivity contribution in [3.63, 3.8) is 0 Å². The van der Waals surface area contributed by atoms with Gasteiger partial charge in [-0.25, -0.2) is 4.79 Å². The van der Waals surface area contributed by atoms with Crippen LogP contribution in [0.4, 0.5) is 4.79 Å². The molecule has 0 aromatic carbocycles. The molecule has 4 nitrogen and oxygen atoms in total. The van der Waals surface area contributed by atoms with E-state index in [1.54, 1.807) is 20.8 Å². The van der Waals surface area contributed by atoms with E-state index < -0.39 is 17.7 Å². The van der Waals surface area contributed by atoms with E-state index in [1.165, 1.54) is 0 Å². The molecule has 4 heteroatoms. The van der Waals surface area contributed by atoms with Crippen LogP contribution in [0.15, 0.2) is 0 Å². The Bertz CT molecular complexity index is 220. The summed E-state index contributed by atoms with van der Waals surface area (Å²) in [6.07, 6.45) is 1.04. The molecule has 0 radical (unpaired) electrons. The number of nitrogens with one attached hydrogen (secondary N) is 1. The molecule has 0 saturated carbocycles. The predicted octanol–water partition coefficient (Wildman–Crippen LogP) is 2.12. The smallest absolute Gasteiger partial charge is 0.408 e. The van der Waals surface area contributed by atoms with E-state index in [0.29, 0.717) is 0 Å². The highest BCUT2D eigenvalue weighted by molar-refractivity contribution is 5.73. The van der Waals surface area contributed by atoms with Crippen LogP contribution in [-0.4, -0.2) is 24.0 Å². The molecule has 15 heavy (non-hydrogen) atoms. The highest BCUT2D eigenvalue weighted by atomic mass is 16.6. The number of aldehydes is 1. The van der Waals surface area contributed by atoms with E-state index in [9.17, 15) is 9.59 Å². The first-order valence-corrected chi connectivity index (χ1v) is 5.25. The number of rotatable bonds is 4. The molecule has 1 N–H and O–H groups in total. The third-order valence-corrected chi connectivity index (χ3v) is 2.09. The number of alkyl carbamates (subject to hydrolysis) is 1. The molecule has 0 unspecified atom stereocenters. The molecule has 0 bridgehead atoms. The zero-order valence-corrected chi connectivity index (χ0v) is 10.2. The second-order valence-corrected chi connectivity index (χ2v) is 4.69. The van der Waals surface area contributed by atoms with E-state index in [4.69, 9.17) is 4.74 Å². The Morgan fingerprint density at radius 3 is 2.33 bits per heavy atom. The lowest BCUT2D eigenvalue weighted by Crippen LogP contribution is -2.43. The molecule has 0 aliphatic rings. The summed E-state index contributed by atoms with van der Waals surface area (Å²) in [5.41, 5.74) is -0.535. The summed E-state index contributed by atoms with van der Waals surface area (Å²) in [4.78, 5) is 22.1. The lowest BCUT2D eigenvalue weighted by Gasteiger charge is -2.23. The molecule has 1 amide bonds. The molecule has 0 aromatic rings. The summed E-state index contributed by atoms with van der Waals surface area (Å²) < 4.78 is 5.06. The van der Waals surface area contributed by atoms with Crippen LogP contribution in [0.5, 0.6) is 0 Å². The molecule has 0 heterocycles. The maximum Gasteiger partial charge on any atom is 0.408 e. The molecule has 0 aliphatic carbocycles. The minimum Gasteiger partial charge on any atom is -0.444 e. The first kappa shape index (κ1) is 13.9. The van der Waals surface area contributed by atoms with Gasteiger partial charge in [0.1, 0.15) is 11.9 Å². The fourth-order valence-electron chi connectivity index (χ4n) is 1.01. The summed E-state index contributed by atoms with van der Waals surface area (Å²) in [6, 6.07) is -0.468. The Morgan fingerprint density at radius 2 is 2.00 bits per heavy atom. The highest BCUT2D eigenvalue weighted by Crippen LogP contribution is 2.09. The van der Waals surface area contributed by atoms with E-state index in [2.05, 4.69) is 5.32 Å². The third kappa shape index (κ3) is 6.10. The Morgan fingerprint density at radius 1 is 1.47 bits per heavy atom. The largest absolute Gasteiger partial charge is 0.444 e. The lowest BCUT2D eigenvalue weighted by atomic mass is 10.0. The topological polar surface area (TPSA) is 55.4 Å². The molecule has 0 aromatic heterocycles. The number of carbonyl (C=O) groups excluding carboxylic acids is 2. The molecule has 0 rings (SSSR count). The summed E-state index contributed by atoms with van der Waals surface area (Å²) in [7, 11) is 0. The number of ether oxygens (including phenoxy) is 1. The van der Waals surface area contributed by atoms with E-state index >= 15 is 0 Å². The Balaban J connectivity index is 4.19. The standard InChI is InChI=1S/C11H21NO3/c1-6-8(2)9(7-13)12-10(14)15-11(3,4)5/h7-9H,6H2,1-5H3,(H,12,14)/t8-,9+/m0/s1. The normalized spacial score (nSPS) is 15.3. The van der Waals surface area contributed by atoms with Gasteiger partial charge in [0, 0.05) is 0 Å². The summed E-state index contributed by atoms with van der Waals surface area (Å²) in [5.74, 6) is 0.120. The van der Waals surface area contributed by atoms with Crippen molar-refractivity contribution in [2.24, 2.45) is 5.92 Å². The zero-order valence-electron chi connectivity index (χ0n) is 10.2. The summed E-state index contributed by atoms with van der Waals surface area (Å²) in [6.45, 7) is 9.23. The van der Waals surface area contributed by atoms with Crippen molar-refractivity contribution < 1.29 is 14.3 Å². The summed E-state index contributed by atoms with van der Waals surface area (Å²) in [5, 5.41) is 2.54. The minimum absolute atomic E-state index is 0.120. The van der Waals surface area contributed by atoms with Gasteiger partial charge in [0.2, 0.25) is 0 Å². The van der Waals surface area contributed by atoms with Gasteiger partial charge in [0.15, 0.2) is 0 Å². The van der Waals surface area contributed by atoms with Gasteiger partial charge in [-0.3, -0.25) is 0 Å². The molecule has 0 aliphatic heterocycles. The van der Waals surface area contributed by atoms with Crippen LogP contribution in [0.25, 0.3) is 0 Å². The van der Waals surface area contributed by atoms with Gasteiger partial charge in [0.05, 0.1) is 6.04 Å². The zero-order chi connectivity index (χ0) is 12.1. The van der Waals surface area contributed by atoms with Gasteiger partial charge >= 0.3 is 6.09 Å². The van der Waals surface area contributed by atoms with Crippen LogP contribution in [0.2, 0.25) is 0 Å². The Labute approximate surface area is 91.4 Å². The second kappa shape index (κ2) is 5.73. The second-order valence-electron chi connectivity index (χ2n) is 4.69. The monoisotopic (exact) mass is 215 g/mol. The van der Waals surface area contributed by atoms with Gasteiger partial charge in [-0.1, -0.05) is 20.3 Å². The van der Waals surface area contributed by atoms with Crippen LogP contribution < -0.4 is 5.32 Å². The van der Waals surface area contributed by atoms with Crippen LogP contribution in [0, 0.1) is 5.92 Å². The van der Waals surface area contributed by atoms with Gasteiger partial charge in [0.25, 0.3) is 0 Å². The molecular formula is C11H21NO3. The maximum atomic E-state index is 11.4. The first-order valence-electron chi connectivity index (χ1n) is 5.25. The van der Waals surface area contributed by atoms with Crippen LogP contribution in [-0.2, 0) is 9.53 Å². The third-order valence-electron chi connectivity index (χ3n) is 2.09. The molecule has 0 saturated heterocycles. The number of amides is 1. The molecule has 2 atom stereocenters. The van der Waals surface area contributed by atoms with Crippen molar-refractivity contribution in [1.82, 2.24) is 5.32 Å². The van der Waals surface area contributed by atoms with Crippen LogP contribution in [0.3, 0.4) is 0 Å². The van der Waals surface area contributed by atoms with Crippen LogP contribution >= 0.6 is 0 Å². The molecule has 0 fully saturated rings. The minimum atomic E-state index is -0.542. The first-order chi connectivity index (χ1) is 6.80. The summed E-state index contributed by atoms with van der Waals surface area (Å²) >= 11 is 0. The fraction of sp³-hybridized carbons (Fsp3) is 0.818. The van der Waals surface area contributed by atoms with Crippen molar-refractivity contribution in [2.75, 3.05) is 0 Å². The van der Waals surface area contributed by atoms with Crippen molar-refractivity contribution in [3.8, 4) is 0 Å². The van der Waals surface area contributed by atoms with Crippen molar-refractivity contribution in [3.05, 3.63) is 0 Å². The average Bonchev–Trinajstić information content (AvgIpc) is 2.10. The Hall–Kier alpha value is -1.06. The van der Waals surface area contributed by atoms with E-state index in [1.807, 2.05) is 13.8 Å². The maximum absolute atomic E-state index is 11.4. The van der Waals surface area contributed by atoms with Gasteiger partial charge < -0.3 is 14.8 Å². The van der Waals surface area contributed by atoms with Gasteiger partial charge in [-0.15, -0.1) is 0 Å². The SMILES string of the molecule is CC[C@H](C)[C@@H](C=O)NC(=O)OC(C)(C)C. The molecular weight excluding hydrogens is 194 g/mol. The fourth-order valence-corrected chi connectivity index (χ4v) is 1.01. The number of hydrogen-bond donors (Lipinski definition) is 1. The lowest BCUT2D eigenvalue weighted by molar-refractivity contribution is -0.110. The quantitative estimate of drug-likeness (QED) is 0.731. The highest BCUT2D eigenvalue weighted by Gasteiger charge is 2.21. The molecule has 0 spiro atoms. The van der Waals surface area contributed by atoms with E-state index in [0.717, 1.165) is 12.7 Å². The Kier molecular flexibility index (Phi) is 5.33.